The SMILES string of the molecule is Cc1ccc(P)nn1. The minimum absolute atomic E-state index is 0.885. The van der Waals surface area contributed by atoms with Crippen molar-refractivity contribution in [1.29, 1.82) is 0 Å². The summed E-state index contributed by atoms with van der Waals surface area (Å²) in [5, 5.41) is 7.60. The Morgan fingerprint density at radius 2 is 2.12 bits per heavy atom. The molecule has 1 rings (SSSR count). The predicted molar refractivity (Wildman–Crippen MR) is 36.1 cm³/mol. The van der Waals surface area contributed by atoms with Gasteiger partial charge >= 0.3 is 0 Å². The fraction of sp³-hybridized carbons (Fsp3) is 0.200. The lowest BCUT2D eigenvalue weighted by Crippen LogP contribution is -1.99. The molecule has 0 aliphatic carbocycles. The Balaban J connectivity index is 3.03. The maximum Gasteiger partial charge on any atom is 0.0795 e. The Morgan fingerprint density at radius 1 is 1.38 bits per heavy atom. The highest BCUT2D eigenvalue weighted by molar-refractivity contribution is 7.26. The van der Waals surface area contributed by atoms with E-state index < -0.39 is 0 Å². The maximum absolute atomic E-state index is 3.81. The molecule has 1 atom stereocenters. The average molecular weight is 126 g/mol. The van der Waals surface area contributed by atoms with Gasteiger partial charge in [-0.1, -0.05) is 9.24 Å². The van der Waals surface area contributed by atoms with Gasteiger partial charge in [-0.05, 0) is 19.1 Å². The van der Waals surface area contributed by atoms with Crippen LogP contribution in [0, 0.1) is 6.92 Å². The van der Waals surface area contributed by atoms with Gasteiger partial charge in [0.05, 0.1) is 11.1 Å². The van der Waals surface area contributed by atoms with Crippen LogP contribution < -0.4 is 5.44 Å². The van der Waals surface area contributed by atoms with Crippen molar-refractivity contribution in [3.05, 3.63) is 17.8 Å². The van der Waals surface area contributed by atoms with E-state index in [2.05, 4.69) is 19.4 Å². The number of aromatic nitrogens is 2. The van der Waals surface area contributed by atoms with Crippen molar-refractivity contribution in [1.82, 2.24) is 10.2 Å². The standard InChI is InChI=1S/C5H7N2P/c1-4-2-3-5(8)7-6-4/h2-3H,8H2,1H3. The molecule has 8 heavy (non-hydrogen) atoms. The van der Waals surface area contributed by atoms with Crippen LogP contribution in [0.2, 0.25) is 0 Å². The fourth-order valence-corrected chi connectivity index (χ4v) is 0.563. The van der Waals surface area contributed by atoms with Crippen LogP contribution in [-0.4, -0.2) is 10.2 Å². The Labute approximate surface area is 50.5 Å². The number of hydrogen-bond donors (Lipinski definition) is 0. The van der Waals surface area contributed by atoms with Gasteiger partial charge in [-0.3, -0.25) is 0 Å². The summed E-state index contributed by atoms with van der Waals surface area (Å²) < 4.78 is 0. The second-order valence-electron chi connectivity index (χ2n) is 1.60. The Hall–Kier alpha value is -0.490. The van der Waals surface area contributed by atoms with Gasteiger partial charge in [-0.2, -0.15) is 10.2 Å². The van der Waals surface area contributed by atoms with Crippen LogP contribution in [0.15, 0.2) is 12.1 Å². The second kappa shape index (κ2) is 2.19. The molecule has 0 spiro atoms. The molecule has 0 aliphatic heterocycles. The van der Waals surface area contributed by atoms with Crippen molar-refractivity contribution >= 4 is 14.7 Å². The molecule has 0 aliphatic rings. The summed E-state index contributed by atoms with van der Waals surface area (Å²) in [5.41, 5.74) is 1.84. The van der Waals surface area contributed by atoms with E-state index in [1.807, 2.05) is 19.1 Å². The molecule has 1 unspecified atom stereocenters. The van der Waals surface area contributed by atoms with Gasteiger partial charge in [0.25, 0.3) is 0 Å². The summed E-state index contributed by atoms with van der Waals surface area (Å²) in [6.45, 7) is 1.91. The molecular formula is C5H7N2P. The molecule has 0 radical (unpaired) electrons. The van der Waals surface area contributed by atoms with E-state index in [1.54, 1.807) is 0 Å². The summed E-state index contributed by atoms with van der Waals surface area (Å²) in [7, 11) is 2.48. The van der Waals surface area contributed by atoms with Crippen molar-refractivity contribution in [3.8, 4) is 0 Å². The molecule has 0 aromatic carbocycles. The highest BCUT2D eigenvalue weighted by Gasteiger charge is 1.83. The van der Waals surface area contributed by atoms with Gasteiger partial charge < -0.3 is 0 Å². The lowest BCUT2D eigenvalue weighted by molar-refractivity contribution is 1.01. The quantitative estimate of drug-likeness (QED) is 0.467. The lowest BCUT2D eigenvalue weighted by atomic mass is 10.4. The van der Waals surface area contributed by atoms with Gasteiger partial charge in [0.1, 0.15) is 0 Å². The third-order valence-corrected chi connectivity index (χ3v) is 1.13. The normalized spacial score (nSPS) is 9.25. The van der Waals surface area contributed by atoms with E-state index >= 15 is 0 Å². The summed E-state index contributed by atoms with van der Waals surface area (Å²) in [6, 6.07) is 3.84. The molecule has 0 saturated heterocycles. The van der Waals surface area contributed by atoms with Crippen LogP contribution in [0.25, 0.3) is 0 Å². The second-order valence-corrected chi connectivity index (χ2v) is 2.19. The first-order valence-electron chi connectivity index (χ1n) is 2.35. The number of hydrogen-bond acceptors (Lipinski definition) is 2. The van der Waals surface area contributed by atoms with Gasteiger partial charge in [0.15, 0.2) is 0 Å². The largest absolute Gasteiger partial charge is 0.155 e. The summed E-state index contributed by atoms with van der Waals surface area (Å²) >= 11 is 0. The summed E-state index contributed by atoms with van der Waals surface area (Å²) in [6.07, 6.45) is 0. The first-order valence-corrected chi connectivity index (χ1v) is 2.92. The minimum Gasteiger partial charge on any atom is -0.155 e. The van der Waals surface area contributed by atoms with Crippen molar-refractivity contribution in [2.24, 2.45) is 0 Å². The van der Waals surface area contributed by atoms with Crippen molar-refractivity contribution < 1.29 is 0 Å². The number of aryl methyl sites for hydroxylation is 1. The summed E-state index contributed by atoms with van der Waals surface area (Å²) in [5.74, 6) is 0. The van der Waals surface area contributed by atoms with Crippen LogP contribution >= 0.6 is 9.24 Å². The van der Waals surface area contributed by atoms with Crippen molar-refractivity contribution in [3.63, 3.8) is 0 Å². The van der Waals surface area contributed by atoms with Crippen LogP contribution in [0.3, 0.4) is 0 Å². The zero-order valence-electron chi connectivity index (χ0n) is 4.63. The van der Waals surface area contributed by atoms with Crippen LogP contribution in [0.1, 0.15) is 5.69 Å². The molecule has 2 nitrogen and oxygen atoms in total. The highest BCUT2D eigenvalue weighted by Crippen LogP contribution is 1.86. The van der Waals surface area contributed by atoms with Crippen LogP contribution in [-0.2, 0) is 0 Å². The Kier molecular flexibility index (Phi) is 1.54. The molecule has 1 heterocycles. The van der Waals surface area contributed by atoms with E-state index in [9.17, 15) is 0 Å². The van der Waals surface area contributed by atoms with E-state index in [0.717, 1.165) is 11.1 Å². The molecule has 0 saturated carbocycles. The topological polar surface area (TPSA) is 25.8 Å². The number of nitrogens with zero attached hydrogens (tertiary/aromatic N) is 2. The molecule has 1 aromatic rings. The third-order valence-electron chi connectivity index (χ3n) is 0.819. The first kappa shape index (κ1) is 5.64. The number of rotatable bonds is 0. The van der Waals surface area contributed by atoms with Gasteiger partial charge in [-0.25, -0.2) is 0 Å². The lowest BCUT2D eigenvalue weighted by Gasteiger charge is -1.87. The minimum atomic E-state index is 0.885. The summed E-state index contributed by atoms with van der Waals surface area (Å²) in [4.78, 5) is 0. The molecular weight excluding hydrogens is 119 g/mol. The molecule has 0 bridgehead atoms. The zero-order chi connectivity index (χ0) is 5.98. The van der Waals surface area contributed by atoms with E-state index in [4.69, 9.17) is 0 Å². The van der Waals surface area contributed by atoms with Crippen molar-refractivity contribution in [2.45, 2.75) is 6.92 Å². The van der Waals surface area contributed by atoms with Gasteiger partial charge in [-0.15, -0.1) is 0 Å². The zero-order valence-corrected chi connectivity index (χ0v) is 5.78. The smallest absolute Gasteiger partial charge is 0.0795 e. The average Bonchev–Trinajstić information content (AvgIpc) is 1.77. The Bertz CT molecular complexity index is 149. The van der Waals surface area contributed by atoms with Gasteiger partial charge in [0.2, 0.25) is 0 Å². The fourth-order valence-electron chi connectivity index (χ4n) is 0.409. The molecule has 0 fully saturated rings. The van der Waals surface area contributed by atoms with Crippen molar-refractivity contribution in [2.75, 3.05) is 0 Å². The Morgan fingerprint density at radius 3 is 2.50 bits per heavy atom. The van der Waals surface area contributed by atoms with Gasteiger partial charge in [0, 0.05) is 0 Å². The maximum atomic E-state index is 3.81. The van der Waals surface area contributed by atoms with Crippen LogP contribution in [0.5, 0.6) is 0 Å². The monoisotopic (exact) mass is 126 g/mol. The molecule has 42 valence electrons. The predicted octanol–water partition coefficient (Wildman–Crippen LogP) is 0.285. The van der Waals surface area contributed by atoms with E-state index in [1.165, 1.54) is 0 Å². The first-order chi connectivity index (χ1) is 3.79. The third kappa shape index (κ3) is 1.24. The molecule has 3 heteroatoms. The van der Waals surface area contributed by atoms with E-state index in [-0.39, 0.29) is 0 Å². The van der Waals surface area contributed by atoms with Crippen LogP contribution in [0.4, 0.5) is 0 Å². The van der Waals surface area contributed by atoms with E-state index in [0.29, 0.717) is 0 Å². The molecule has 0 amide bonds. The molecule has 1 aromatic heterocycles. The highest BCUT2D eigenvalue weighted by atomic mass is 31.0. The molecule has 0 N–H and O–H groups in total.